The first-order valence-corrected chi connectivity index (χ1v) is 7.57. The van der Waals surface area contributed by atoms with E-state index in [-0.39, 0.29) is 11.9 Å². The number of piperidine rings is 1. The smallest absolute Gasteiger partial charge is 0.237 e. The van der Waals surface area contributed by atoms with Crippen LogP contribution in [0.5, 0.6) is 0 Å². The molecule has 102 valence electrons. The van der Waals surface area contributed by atoms with E-state index in [0.717, 1.165) is 38.1 Å². The zero-order chi connectivity index (χ0) is 12.4. The number of carbonyl (C=O) groups excluding carboxylic acids is 1. The number of amides is 1. The van der Waals surface area contributed by atoms with Crippen LogP contribution < -0.4 is 10.6 Å². The quantitative estimate of drug-likeness (QED) is 0.774. The van der Waals surface area contributed by atoms with Gasteiger partial charge in [0.1, 0.15) is 0 Å². The van der Waals surface area contributed by atoms with Crippen LogP contribution in [0.3, 0.4) is 0 Å². The number of nitrogens with zero attached hydrogens (tertiary/aromatic N) is 1. The van der Waals surface area contributed by atoms with Crippen molar-refractivity contribution in [2.75, 3.05) is 26.2 Å². The molecule has 1 aliphatic carbocycles. The summed E-state index contributed by atoms with van der Waals surface area (Å²) in [6, 6.07) is 0.491. The number of rotatable bonds is 4. The largest absolute Gasteiger partial charge is 0.352 e. The van der Waals surface area contributed by atoms with E-state index in [4.69, 9.17) is 0 Å². The predicted molar refractivity (Wildman–Crippen MR) is 71.4 cm³/mol. The van der Waals surface area contributed by atoms with E-state index < -0.39 is 0 Å². The second-order valence-corrected chi connectivity index (χ2v) is 6.18. The van der Waals surface area contributed by atoms with Gasteiger partial charge >= 0.3 is 0 Å². The van der Waals surface area contributed by atoms with Gasteiger partial charge in [0.25, 0.3) is 0 Å². The first-order valence-electron chi connectivity index (χ1n) is 7.57. The maximum Gasteiger partial charge on any atom is 0.237 e. The van der Waals surface area contributed by atoms with Crippen LogP contribution in [0, 0.1) is 5.92 Å². The Kier molecular flexibility index (Phi) is 3.85. The van der Waals surface area contributed by atoms with Gasteiger partial charge in [0.15, 0.2) is 0 Å². The average Bonchev–Trinajstić information content (AvgIpc) is 3.02. The van der Waals surface area contributed by atoms with Gasteiger partial charge in [-0.25, -0.2) is 0 Å². The highest BCUT2D eigenvalue weighted by molar-refractivity contribution is 5.82. The van der Waals surface area contributed by atoms with E-state index in [2.05, 4.69) is 15.5 Å². The molecular weight excluding hydrogens is 226 g/mol. The second kappa shape index (κ2) is 5.57. The van der Waals surface area contributed by atoms with Crippen molar-refractivity contribution in [3.63, 3.8) is 0 Å². The highest BCUT2D eigenvalue weighted by atomic mass is 16.2. The molecule has 2 saturated heterocycles. The lowest BCUT2D eigenvalue weighted by atomic mass is 10.0. The molecule has 0 bridgehead atoms. The van der Waals surface area contributed by atoms with Gasteiger partial charge in [-0.2, -0.15) is 0 Å². The molecular formula is C14H25N3O. The maximum atomic E-state index is 12.0. The van der Waals surface area contributed by atoms with Gasteiger partial charge in [0, 0.05) is 25.7 Å². The van der Waals surface area contributed by atoms with Gasteiger partial charge in [0.2, 0.25) is 5.91 Å². The van der Waals surface area contributed by atoms with Crippen LogP contribution in [0.1, 0.15) is 38.5 Å². The van der Waals surface area contributed by atoms with E-state index in [9.17, 15) is 4.79 Å². The number of hydrogen-bond acceptors (Lipinski definition) is 3. The SMILES string of the molecule is O=C(NC1CCN(CC2CC2)CC1)C1CCCN1. The normalized spacial score (nSPS) is 30.6. The number of likely N-dealkylation sites (tertiary alicyclic amines) is 1. The maximum absolute atomic E-state index is 12.0. The molecule has 3 fully saturated rings. The van der Waals surface area contributed by atoms with Crippen molar-refractivity contribution < 1.29 is 4.79 Å². The molecule has 2 heterocycles. The van der Waals surface area contributed by atoms with Crippen molar-refractivity contribution in [1.29, 1.82) is 0 Å². The molecule has 0 aromatic heterocycles. The third-order valence-corrected chi connectivity index (χ3v) is 4.52. The standard InChI is InChI=1S/C14H25N3O/c18-14(13-2-1-7-15-13)16-12-5-8-17(9-6-12)10-11-3-4-11/h11-13,15H,1-10H2,(H,16,18). The van der Waals surface area contributed by atoms with Crippen molar-refractivity contribution in [1.82, 2.24) is 15.5 Å². The van der Waals surface area contributed by atoms with Crippen LogP contribution >= 0.6 is 0 Å². The Bertz CT molecular complexity index is 289. The van der Waals surface area contributed by atoms with Crippen LogP contribution in [0.25, 0.3) is 0 Å². The fourth-order valence-corrected chi connectivity index (χ4v) is 3.14. The van der Waals surface area contributed by atoms with Gasteiger partial charge < -0.3 is 15.5 Å². The summed E-state index contributed by atoms with van der Waals surface area (Å²) < 4.78 is 0. The fraction of sp³-hybridized carbons (Fsp3) is 0.929. The van der Waals surface area contributed by atoms with Crippen molar-refractivity contribution in [3.05, 3.63) is 0 Å². The van der Waals surface area contributed by atoms with Gasteiger partial charge in [-0.15, -0.1) is 0 Å². The van der Waals surface area contributed by atoms with Gasteiger partial charge in [-0.05, 0) is 51.0 Å². The Morgan fingerprint density at radius 3 is 2.56 bits per heavy atom. The topological polar surface area (TPSA) is 44.4 Å². The van der Waals surface area contributed by atoms with E-state index in [0.29, 0.717) is 6.04 Å². The van der Waals surface area contributed by atoms with Gasteiger partial charge in [-0.3, -0.25) is 4.79 Å². The monoisotopic (exact) mass is 251 g/mol. The van der Waals surface area contributed by atoms with Crippen LogP contribution in [0.15, 0.2) is 0 Å². The van der Waals surface area contributed by atoms with Crippen molar-refractivity contribution in [2.24, 2.45) is 5.92 Å². The second-order valence-electron chi connectivity index (χ2n) is 6.18. The molecule has 1 unspecified atom stereocenters. The highest BCUT2D eigenvalue weighted by Gasteiger charge is 2.29. The lowest BCUT2D eigenvalue weighted by molar-refractivity contribution is -0.123. The summed E-state index contributed by atoms with van der Waals surface area (Å²) in [5.74, 6) is 1.21. The van der Waals surface area contributed by atoms with E-state index in [1.165, 1.54) is 32.5 Å². The third-order valence-electron chi connectivity index (χ3n) is 4.52. The van der Waals surface area contributed by atoms with E-state index in [1.54, 1.807) is 0 Å². The molecule has 2 aliphatic heterocycles. The lowest BCUT2D eigenvalue weighted by Crippen LogP contribution is -2.49. The summed E-state index contributed by atoms with van der Waals surface area (Å²) in [5, 5.41) is 6.49. The zero-order valence-electron chi connectivity index (χ0n) is 11.2. The number of hydrogen-bond donors (Lipinski definition) is 2. The molecule has 0 aromatic rings. The van der Waals surface area contributed by atoms with Gasteiger partial charge in [-0.1, -0.05) is 0 Å². The Labute approximate surface area is 109 Å². The molecule has 0 spiro atoms. The molecule has 3 aliphatic rings. The Morgan fingerprint density at radius 2 is 1.94 bits per heavy atom. The minimum absolute atomic E-state index is 0.0782. The van der Waals surface area contributed by atoms with Crippen molar-refractivity contribution >= 4 is 5.91 Å². The molecule has 0 aromatic carbocycles. The number of carbonyl (C=O) groups is 1. The molecule has 4 nitrogen and oxygen atoms in total. The summed E-state index contributed by atoms with van der Waals surface area (Å²) in [7, 11) is 0. The Hall–Kier alpha value is -0.610. The molecule has 1 saturated carbocycles. The summed E-state index contributed by atoms with van der Waals surface area (Å²) in [5.41, 5.74) is 0. The Morgan fingerprint density at radius 1 is 1.17 bits per heavy atom. The molecule has 18 heavy (non-hydrogen) atoms. The van der Waals surface area contributed by atoms with E-state index >= 15 is 0 Å². The third kappa shape index (κ3) is 3.23. The summed E-state index contributed by atoms with van der Waals surface area (Å²) in [6.07, 6.45) is 7.27. The highest BCUT2D eigenvalue weighted by Crippen LogP contribution is 2.30. The van der Waals surface area contributed by atoms with Crippen LogP contribution in [-0.4, -0.2) is 49.1 Å². The molecule has 4 heteroatoms. The number of nitrogens with one attached hydrogen (secondary N) is 2. The molecule has 1 amide bonds. The minimum atomic E-state index is 0.0782. The zero-order valence-corrected chi connectivity index (χ0v) is 11.2. The van der Waals surface area contributed by atoms with Crippen molar-refractivity contribution in [2.45, 2.75) is 50.6 Å². The Balaban J connectivity index is 1.37. The van der Waals surface area contributed by atoms with Crippen molar-refractivity contribution in [3.8, 4) is 0 Å². The van der Waals surface area contributed by atoms with Crippen LogP contribution in [0.4, 0.5) is 0 Å². The first-order chi connectivity index (χ1) is 8.81. The predicted octanol–water partition coefficient (Wildman–Crippen LogP) is 0.729. The molecule has 1 atom stereocenters. The first kappa shape index (κ1) is 12.4. The fourth-order valence-electron chi connectivity index (χ4n) is 3.14. The van der Waals surface area contributed by atoms with Gasteiger partial charge in [0.05, 0.1) is 6.04 Å². The minimum Gasteiger partial charge on any atom is -0.352 e. The summed E-state index contributed by atoms with van der Waals surface area (Å²) >= 11 is 0. The summed E-state index contributed by atoms with van der Waals surface area (Å²) in [6.45, 7) is 4.63. The summed E-state index contributed by atoms with van der Waals surface area (Å²) in [4.78, 5) is 14.6. The average molecular weight is 251 g/mol. The van der Waals surface area contributed by atoms with Crippen LogP contribution in [0.2, 0.25) is 0 Å². The lowest BCUT2D eigenvalue weighted by Gasteiger charge is -2.32. The molecule has 0 radical (unpaired) electrons. The molecule has 3 rings (SSSR count). The molecule has 2 N–H and O–H groups in total. The van der Waals surface area contributed by atoms with E-state index in [1.807, 2.05) is 0 Å². The van der Waals surface area contributed by atoms with Crippen LogP contribution in [-0.2, 0) is 4.79 Å².